The summed E-state index contributed by atoms with van der Waals surface area (Å²) < 4.78 is 6.26. The second kappa shape index (κ2) is 9.27. The van der Waals surface area contributed by atoms with E-state index < -0.39 is 34.5 Å². The molecule has 0 unspecified atom stereocenters. The molecule has 1 heterocycles. The van der Waals surface area contributed by atoms with Gasteiger partial charge in [0.15, 0.2) is 11.5 Å². The Labute approximate surface area is 258 Å². The monoisotopic (exact) mass is 586 g/mol. The second-order valence-corrected chi connectivity index (χ2v) is 11.0. The number of hydrogen-bond acceptors (Lipinski definition) is 7. The Balaban J connectivity index is 1.61. The van der Waals surface area contributed by atoms with E-state index in [1.807, 2.05) is 36.4 Å². The third-order valence-corrected chi connectivity index (χ3v) is 8.63. The molecule has 6 N–H and O–H groups in total. The highest BCUT2D eigenvalue weighted by atomic mass is 16.5. The van der Waals surface area contributed by atoms with Crippen molar-refractivity contribution in [2.45, 2.75) is 0 Å². The molecule has 9 heteroatoms. The van der Waals surface area contributed by atoms with E-state index in [9.17, 15) is 30.6 Å². The second-order valence-electron chi connectivity index (χ2n) is 11.0. The van der Waals surface area contributed by atoms with Crippen LogP contribution in [0.3, 0.4) is 0 Å². The van der Waals surface area contributed by atoms with E-state index in [2.05, 4.69) is 0 Å². The lowest BCUT2D eigenvalue weighted by molar-refractivity contribution is 0.351. The van der Waals surface area contributed by atoms with Crippen LogP contribution in [-0.4, -0.2) is 46.3 Å². The normalized spacial score (nSPS) is 12.0. The maximum atomic E-state index is 11.6. The molecule has 0 amide bonds. The summed E-state index contributed by atoms with van der Waals surface area (Å²) in [6, 6.07) is 25.4. The van der Waals surface area contributed by atoms with Gasteiger partial charge in [-0.1, -0.05) is 77.7 Å². The van der Waals surface area contributed by atoms with Crippen LogP contribution >= 0.6 is 0 Å². The number of hydrogen-bond donors (Lipinski definition) is 6. The summed E-state index contributed by atoms with van der Waals surface area (Å²) in [6.45, 7) is 0. The first-order chi connectivity index (χ1) is 21.7. The molecule has 45 heavy (non-hydrogen) atoms. The third kappa shape index (κ3) is 3.49. The van der Waals surface area contributed by atoms with Crippen molar-refractivity contribution in [3.8, 4) is 79.4 Å². The van der Waals surface area contributed by atoms with E-state index in [1.165, 1.54) is 0 Å². The minimum atomic E-state index is -0.966. The molecule has 0 fully saturated rings. The van der Waals surface area contributed by atoms with Crippen molar-refractivity contribution < 1.29 is 35.4 Å². The van der Waals surface area contributed by atoms with Crippen LogP contribution in [0.25, 0.3) is 65.7 Å². The van der Waals surface area contributed by atoms with E-state index in [4.69, 9.17) is 20.4 Å². The Hall–Kier alpha value is -5.95. The number of benzene rings is 7. The van der Waals surface area contributed by atoms with Crippen LogP contribution in [0.2, 0.25) is 0 Å². The average molecular weight is 586 g/mol. The molecule has 0 saturated heterocycles. The maximum Gasteiger partial charge on any atom is 0.204 e. The summed E-state index contributed by atoms with van der Waals surface area (Å²) in [5, 5.41) is 69.2. The Morgan fingerprint density at radius 2 is 0.978 bits per heavy atom. The van der Waals surface area contributed by atoms with Gasteiger partial charge in [-0.2, -0.15) is 0 Å². The summed E-state index contributed by atoms with van der Waals surface area (Å²) in [4.78, 5) is 0. The Morgan fingerprint density at radius 1 is 0.422 bits per heavy atom. The van der Waals surface area contributed by atoms with Gasteiger partial charge in [0.2, 0.25) is 11.5 Å². The van der Waals surface area contributed by atoms with Crippen molar-refractivity contribution in [3.63, 3.8) is 0 Å². The average Bonchev–Trinajstić information content (AvgIpc) is 3.07. The Morgan fingerprint density at radius 3 is 1.60 bits per heavy atom. The standard InChI is InChI=1S/C36H20B2O7/c37-29-30(38)32(40)26-24(17-12-13-20-19(14-17)18-10-4-8-15-9-5-11-21(45-20)22(15)18)28-27(33(41)35(43)36(44)34(28)42)23(25(26)31(29)39)16-6-2-1-3-7-16/h1-14,39-44H. The summed E-state index contributed by atoms with van der Waals surface area (Å²) in [5.74, 6) is -3.15. The highest BCUT2D eigenvalue weighted by molar-refractivity contribution is 6.53. The van der Waals surface area contributed by atoms with Crippen molar-refractivity contribution >= 4 is 58.9 Å². The topological polar surface area (TPSA) is 131 Å². The molecule has 0 saturated carbocycles. The van der Waals surface area contributed by atoms with Crippen LogP contribution in [0, 0.1) is 0 Å². The van der Waals surface area contributed by atoms with E-state index in [0.29, 0.717) is 28.2 Å². The quantitative estimate of drug-likeness (QED) is 0.0628. The SMILES string of the molecule is [B]c1c([B])c(O)c2c(-c3ccc4c(c3)-c3cccc5cccc(c35)O4)c3c(O)c(O)c(O)c(O)c3c(-c3ccccc3)c2c1O. The zero-order chi connectivity index (χ0) is 31.3. The van der Waals surface area contributed by atoms with Gasteiger partial charge in [-0.05, 0) is 40.3 Å². The molecule has 7 nitrogen and oxygen atoms in total. The zero-order valence-electron chi connectivity index (χ0n) is 23.3. The van der Waals surface area contributed by atoms with E-state index >= 15 is 0 Å². The molecule has 0 atom stereocenters. The lowest BCUT2D eigenvalue weighted by atomic mass is 9.74. The Bertz CT molecular complexity index is 2350. The largest absolute Gasteiger partial charge is 0.508 e. The highest BCUT2D eigenvalue weighted by Gasteiger charge is 2.31. The fourth-order valence-corrected chi connectivity index (χ4v) is 6.58. The molecule has 0 aliphatic carbocycles. The van der Waals surface area contributed by atoms with Gasteiger partial charge in [0.1, 0.15) is 38.7 Å². The van der Waals surface area contributed by atoms with Crippen molar-refractivity contribution in [1.82, 2.24) is 0 Å². The van der Waals surface area contributed by atoms with Crippen molar-refractivity contribution in [2.24, 2.45) is 0 Å². The maximum absolute atomic E-state index is 11.6. The van der Waals surface area contributed by atoms with Gasteiger partial charge in [0.25, 0.3) is 0 Å². The minimum absolute atomic E-state index is 0.000583. The van der Waals surface area contributed by atoms with Crippen LogP contribution in [0.15, 0.2) is 84.9 Å². The van der Waals surface area contributed by atoms with Gasteiger partial charge in [-0.3, -0.25) is 0 Å². The van der Waals surface area contributed by atoms with Gasteiger partial charge in [0, 0.05) is 43.6 Å². The number of phenolic OH excluding ortho intramolecular Hbond substituents is 6. The zero-order valence-corrected chi connectivity index (χ0v) is 23.3. The fourth-order valence-electron chi connectivity index (χ4n) is 6.58. The number of fused-ring (bicyclic) bond motifs is 4. The van der Waals surface area contributed by atoms with Crippen LogP contribution in [-0.2, 0) is 0 Å². The third-order valence-electron chi connectivity index (χ3n) is 8.63. The van der Waals surface area contributed by atoms with Gasteiger partial charge in [-0.15, -0.1) is 0 Å². The van der Waals surface area contributed by atoms with Crippen LogP contribution in [0.4, 0.5) is 0 Å². The molecule has 7 aromatic rings. The molecule has 7 aromatic carbocycles. The number of rotatable bonds is 2. The minimum Gasteiger partial charge on any atom is -0.508 e. The number of aromatic hydroxyl groups is 6. The number of ether oxygens (including phenoxy) is 1. The molecule has 8 rings (SSSR count). The summed E-state index contributed by atoms with van der Waals surface area (Å²) >= 11 is 0. The van der Waals surface area contributed by atoms with Crippen molar-refractivity contribution in [1.29, 1.82) is 0 Å². The van der Waals surface area contributed by atoms with Gasteiger partial charge in [-0.25, -0.2) is 0 Å². The molecular weight excluding hydrogens is 566 g/mol. The summed E-state index contributed by atoms with van der Waals surface area (Å²) in [5.41, 5.74) is 2.07. The van der Waals surface area contributed by atoms with Gasteiger partial charge < -0.3 is 35.4 Å². The van der Waals surface area contributed by atoms with Crippen LogP contribution < -0.4 is 15.7 Å². The van der Waals surface area contributed by atoms with Crippen molar-refractivity contribution in [3.05, 3.63) is 84.9 Å². The fraction of sp³-hybridized carbons (Fsp3) is 0. The van der Waals surface area contributed by atoms with Crippen LogP contribution in [0.1, 0.15) is 0 Å². The van der Waals surface area contributed by atoms with Gasteiger partial charge >= 0.3 is 0 Å². The van der Waals surface area contributed by atoms with E-state index in [0.717, 1.165) is 16.3 Å². The van der Waals surface area contributed by atoms with E-state index in [-0.39, 0.29) is 43.6 Å². The molecular formula is C36H20B2O7. The molecule has 4 radical (unpaired) electrons. The first kappa shape index (κ1) is 26.7. The lowest BCUT2D eigenvalue weighted by Crippen LogP contribution is -2.26. The predicted octanol–water partition coefficient (Wildman–Crippen LogP) is 6.07. The predicted molar refractivity (Wildman–Crippen MR) is 176 cm³/mol. The lowest BCUT2D eigenvalue weighted by Gasteiger charge is -2.25. The first-order valence-electron chi connectivity index (χ1n) is 14.0. The first-order valence-corrected chi connectivity index (χ1v) is 14.0. The molecule has 0 spiro atoms. The number of phenols is 6. The smallest absolute Gasteiger partial charge is 0.204 e. The Kier molecular flexibility index (Phi) is 5.49. The van der Waals surface area contributed by atoms with E-state index in [1.54, 1.807) is 48.5 Å². The summed E-state index contributed by atoms with van der Waals surface area (Å²) in [6.07, 6.45) is 0. The molecule has 1 aliphatic heterocycles. The van der Waals surface area contributed by atoms with Crippen molar-refractivity contribution in [2.75, 3.05) is 0 Å². The molecule has 1 aliphatic rings. The highest BCUT2D eigenvalue weighted by Crippen LogP contribution is 2.59. The molecule has 0 aromatic heterocycles. The molecule has 212 valence electrons. The van der Waals surface area contributed by atoms with Gasteiger partial charge in [0.05, 0.1) is 0 Å². The molecule has 0 bridgehead atoms. The summed E-state index contributed by atoms with van der Waals surface area (Å²) in [7, 11) is 12.4. The van der Waals surface area contributed by atoms with Crippen LogP contribution in [0.5, 0.6) is 46.0 Å².